The molecule has 15 heteroatoms. The van der Waals surface area contributed by atoms with Crippen LogP contribution in [-0.2, 0) is 25.5 Å². The molecule has 40 heavy (non-hydrogen) atoms. The first-order valence-corrected chi connectivity index (χ1v) is 12.3. The molecule has 206 valence electrons. The molecular weight excluding hydrogens is 551 g/mol. The Morgan fingerprint density at radius 1 is 1.12 bits per heavy atom. The molecule has 1 saturated heterocycles. The predicted octanol–water partition coefficient (Wildman–Crippen LogP) is 1.64. The van der Waals surface area contributed by atoms with E-state index in [0.717, 1.165) is 15.7 Å². The van der Waals surface area contributed by atoms with E-state index < -0.39 is 54.2 Å². The third kappa shape index (κ3) is 3.87. The van der Waals surface area contributed by atoms with Crippen LogP contribution in [0.5, 0.6) is 0 Å². The molecule has 1 aliphatic carbocycles. The van der Waals surface area contributed by atoms with Crippen LogP contribution in [0, 0.1) is 0 Å². The lowest BCUT2D eigenvalue weighted by Gasteiger charge is -2.28. The van der Waals surface area contributed by atoms with Gasteiger partial charge in [0, 0.05) is 18.8 Å². The lowest BCUT2D eigenvalue weighted by molar-refractivity contribution is -0.194. The minimum absolute atomic E-state index is 0.0475. The maximum absolute atomic E-state index is 15.6. The second kappa shape index (κ2) is 9.16. The van der Waals surface area contributed by atoms with Crippen LogP contribution >= 0.6 is 11.6 Å². The van der Waals surface area contributed by atoms with Crippen LogP contribution in [0.2, 0.25) is 5.28 Å². The van der Waals surface area contributed by atoms with Gasteiger partial charge in [0.05, 0.1) is 6.33 Å². The lowest BCUT2D eigenvalue weighted by Crippen LogP contribution is -2.53. The van der Waals surface area contributed by atoms with Gasteiger partial charge in [-0.25, -0.2) is 19.0 Å². The van der Waals surface area contributed by atoms with E-state index in [1.54, 1.807) is 48.8 Å². The Balaban J connectivity index is 1.24. The molecule has 0 amide bonds. The maximum atomic E-state index is 15.6. The molecule has 0 bridgehead atoms. The van der Waals surface area contributed by atoms with Crippen molar-refractivity contribution < 1.29 is 38.8 Å². The van der Waals surface area contributed by atoms with E-state index in [4.69, 9.17) is 26.8 Å². The molecular formula is C25H20ClFN6O7. The van der Waals surface area contributed by atoms with Gasteiger partial charge >= 0.3 is 11.9 Å². The Bertz CT molecular complexity index is 1620. The molecule has 0 unspecified atom stereocenters. The van der Waals surface area contributed by atoms with Crippen LogP contribution in [0.4, 0.5) is 10.2 Å². The van der Waals surface area contributed by atoms with Crippen LogP contribution in [0.3, 0.4) is 0 Å². The number of imidazole rings is 1. The van der Waals surface area contributed by atoms with Crippen molar-refractivity contribution in [1.82, 2.24) is 24.5 Å². The van der Waals surface area contributed by atoms with E-state index in [1.165, 1.54) is 6.33 Å². The van der Waals surface area contributed by atoms with E-state index in [2.05, 4.69) is 19.9 Å². The van der Waals surface area contributed by atoms with Crippen LogP contribution in [0.1, 0.15) is 11.8 Å². The Labute approximate surface area is 229 Å². The minimum atomic E-state index is -2.83. The second-order valence-electron chi connectivity index (χ2n) is 9.52. The molecule has 0 spiro atoms. The average molecular weight is 571 g/mol. The Kier molecular flexibility index (Phi) is 5.96. The molecule has 3 aromatic heterocycles. The number of anilines is 1. The van der Waals surface area contributed by atoms with E-state index in [-0.39, 0.29) is 22.3 Å². The topological polar surface area (TPSA) is 196 Å². The summed E-state index contributed by atoms with van der Waals surface area (Å²) in [6.07, 6.45) is -2.76. The zero-order chi connectivity index (χ0) is 28.4. The molecule has 6 rings (SSSR count). The Morgan fingerprint density at radius 2 is 1.77 bits per heavy atom. The highest BCUT2D eigenvalue weighted by atomic mass is 35.5. The number of fused-ring (bicyclic) bond motifs is 2. The van der Waals surface area contributed by atoms with Gasteiger partial charge in [-0.2, -0.15) is 9.97 Å². The second-order valence-corrected chi connectivity index (χ2v) is 9.86. The quantitative estimate of drug-likeness (QED) is 0.177. The minimum Gasteiger partial charge on any atom is -0.479 e. The van der Waals surface area contributed by atoms with E-state index in [9.17, 15) is 24.9 Å². The number of hydrogen-bond acceptors (Lipinski definition) is 10. The van der Waals surface area contributed by atoms with Crippen LogP contribution in [0.25, 0.3) is 22.3 Å². The molecule has 1 aromatic carbocycles. The summed E-state index contributed by atoms with van der Waals surface area (Å²) >= 11 is 5.86. The number of pyridine rings is 1. The number of aliphatic hydroxyl groups is 1. The van der Waals surface area contributed by atoms with Crippen molar-refractivity contribution in [2.45, 2.75) is 42.2 Å². The average Bonchev–Trinajstić information content (AvgIpc) is 3.17. The first-order valence-electron chi connectivity index (χ1n) is 11.9. The number of nitrogens with zero attached hydrogens (tertiary/aromatic N) is 5. The molecule has 13 nitrogen and oxygen atoms in total. The summed E-state index contributed by atoms with van der Waals surface area (Å²) in [6.45, 7) is 0. The number of carboxylic acids is 2. The number of ether oxygens (including phenoxy) is 2. The molecule has 4 heterocycles. The monoisotopic (exact) mass is 570 g/mol. The summed E-state index contributed by atoms with van der Waals surface area (Å²) in [5.74, 6) is -3.68. The summed E-state index contributed by atoms with van der Waals surface area (Å²) in [4.78, 5) is 40.4. The standard InChI is InChI=1S/C25H20ClFN6O7/c26-23-31-18(28)14-19(32-23)33(10-30-14)20-15(27)25(38)16(39-20)17(25)40-24(21(34)35,22(36)37)9-11-1-3-12(4-2-11)13-5-7-29-8-6-13/h1-8,10,15-17,20,38H,9H2,(H,34,35)(H,36,37)(H2,28,31,32)/t15-,16-,17+,20-,25+/m1/s1. The summed E-state index contributed by atoms with van der Waals surface area (Å²) in [5, 5.41) is 30.8. The first-order chi connectivity index (χ1) is 19.1. The fourth-order valence-corrected chi connectivity index (χ4v) is 5.15. The molecule has 2 fully saturated rings. The van der Waals surface area contributed by atoms with Gasteiger partial charge in [-0.1, -0.05) is 24.3 Å². The van der Waals surface area contributed by atoms with Gasteiger partial charge in [0.25, 0.3) is 5.60 Å². The predicted molar refractivity (Wildman–Crippen MR) is 135 cm³/mol. The van der Waals surface area contributed by atoms with Crippen molar-refractivity contribution in [2.24, 2.45) is 0 Å². The maximum Gasteiger partial charge on any atom is 0.348 e. The number of carboxylic acid groups (broad SMARTS) is 2. The first kappa shape index (κ1) is 26.0. The summed E-state index contributed by atoms with van der Waals surface area (Å²) in [6, 6.07) is 10.1. The van der Waals surface area contributed by atoms with Gasteiger partial charge in [0.15, 0.2) is 29.5 Å². The number of benzene rings is 1. The smallest absolute Gasteiger partial charge is 0.348 e. The number of nitrogen functional groups attached to an aromatic ring is 1. The lowest BCUT2D eigenvalue weighted by atomic mass is 9.93. The number of nitrogens with two attached hydrogens (primary N) is 1. The van der Waals surface area contributed by atoms with Gasteiger partial charge in [0.2, 0.25) is 5.28 Å². The summed E-state index contributed by atoms with van der Waals surface area (Å²) in [7, 11) is 0. The van der Waals surface area contributed by atoms with E-state index in [0.29, 0.717) is 5.56 Å². The van der Waals surface area contributed by atoms with E-state index >= 15 is 4.39 Å². The fourth-order valence-electron chi connectivity index (χ4n) is 4.98. The fraction of sp³-hybridized carbons (Fsp3) is 0.280. The van der Waals surface area contributed by atoms with Crippen molar-refractivity contribution in [3.63, 3.8) is 0 Å². The van der Waals surface area contributed by atoms with Gasteiger partial charge in [-0.15, -0.1) is 0 Å². The van der Waals surface area contributed by atoms with E-state index in [1.807, 2.05) is 0 Å². The number of aliphatic carboxylic acids is 2. The van der Waals surface area contributed by atoms with Gasteiger partial charge < -0.3 is 30.5 Å². The number of hydrogen-bond donors (Lipinski definition) is 4. The number of rotatable bonds is 8. The number of aromatic nitrogens is 5. The summed E-state index contributed by atoms with van der Waals surface area (Å²) in [5.41, 5.74) is 2.79. The zero-order valence-electron chi connectivity index (χ0n) is 20.3. The molecule has 1 aliphatic heterocycles. The number of halogens is 2. The van der Waals surface area contributed by atoms with Gasteiger partial charge in [-0.3, -0.25) is 9.55 Å². The highest BCUT2D eigenvalue weighted by Gasteiger charge is 2.80. The number of alkyl halides is 1. The molecule has 5 atom stereocenters. The molecule has 1 saturated carbocycles. The van der Waals surface area contributed by atoms with Gasteiger partial charge in [0.1, 0.15) is 17.7 Å². The molecule has 5 N–H and O–H groups in total. The molecule has 4 aromatic rings. The Hall–Kier alpha value is -4.24. The normalized spacial score (nSPS) is 25.6. The largest absolute Gasteiger partial charge is 0.479 e. The van der Waals surface area contributed by atoms with Crippen LogP contribution < -0.4 is 5.73 Å². The highest BCUT2D eigenvalue weighted by molar-refractivity contribution is 6.28. The van der Waals surface area contributed by atoms with Crippen molar-refractivity contribution in [1.29, 1.82) is 0 Å². The van der Waals surface area contributed by atoms with Crippen LogP contribution in [0.15, 0.2) is 55.1 Å². The molecule has 2 aliphatic rings. The van der Waals surface area contributed by atoms with Crippen molar-refractivity contribution in [2.75, 3.05) is 5.73 Å². The van der Waals surface area contributed by atoms with Crippen LogP contribution in [-0.4, -0.2) is 81.3 Å². The van der Waals surface area contributed by atoms with Gasteiger partial charge in [-0.05, 0) is 40.4 Å². The molecule has 0 radical (unpaired) electrons. The van der Waals surface area contributed by atoms with Crippen molar-refractivity contribution in [3.8, 4) is 11.1 Å². The highest BCUT2D eigenvalue weighted by Crippen LogP contribution is 2.58. The zero-order valence-corrected chi connectivity index (χ0v) is 21.0. The number of carbonyl (C=O) groups is 2. The summed E-state index contributed by atoms with van der Waals surface area (Å²) < 4.78 is 28.0. The third-order valence-corrected chi connectivity index (χ3v) is 7.36. The van der Waals surface area contributed by atoms with Crippen molar-refractivity contribution >= 4 is 40.5 Å². The Morgan fingerprint density at radius 3 is 2.38 bits per heavy atom. The SMILES string of the molecule is Nc1nc(Cl)nc2c1ncn2[C@@H]1O[C@@H]2[C@H](OC(Cc3ccc(-c4ccncc4)cc3)(C(=O)O)C(=O)O)[C@]2(O)[C@@H]1F. The van der Waals surface area contributed by atoms with Crippen molar-refractivity contribution in [3.05, 3.63) is 66.0 Å². The third-order valence-electron chi connectivity index (χ3n) is 7.19.